The van der Waals surface area contributed by atoms with Crippen molar-refractivity contribution in [3.05, 3.63) is 35.6 Å². The molecule has 0 saturated carbocycles. The fourth-order valence-corrected chi connectivity index (χ4v) is 3.44. The number of ether oxygens (including phenoxy) is 1. The van der Waals surface area contributed by atoms with Crippen molar-refractivity contribution in [1.29, 1.82) is 0 Å². The number of hydrogen-bond donors (Lipinski definition) is 3. The van der Waals surface area contributed by atoms with Gasteiger partial charge in [0.05, 0.1) is 13.1 Å². The molecule has 1 heterocycles. The number of nitrogens with one attached hydrogen (secondary N) is 3. The molecule has 3 N–H and O–H groups in total. The second kappa shape index (κ2) is 13.2. The molecule has 0 aliphatic carbocycles. The zero-order valence-corrected chi connectivity index (χ0v) is 18.4. The van der Waals surface area contributed by atoms with Gasteiger partial charge in [-0.25, -0.2) is 4.39 Å². The predicted molar refractivity (Wildman–Crippen MR) is 118 cm³/mol. The fourth-order valence-electron chi connectivity index (χ4n) is 3.44. The van der Waals surface area contributed by atoms with E-state index in [-0.39, 0.29) is 17.8 Å². The largest absolute Gasteiger partial charge is 0.375 e. The van der Waals surface area contributed by atoms with Crippen molar-refractivity contribution in [3.8, 4) is 0 Å². The first-order chi connectivity index (χ1) is 14.5. The lowest BCUT2D eigenvalue weighted by Gasteiger charge is -2.32. The smallest absolute Gasteiger partial charge is 0.234 e. The number of guanidine groups is 1. The van der Waals surface area contributed by atoms with E-state index < -0.39 is 0 Å². The third-order valence-corrected chi connectivity index (χ3v) is 5.15. The number of carbonyl (C=O) groups excluding carboxylic acids is 1. The summed E-state index contributed by atoms with van der Waals surface area (Å²) in [5, 5.41) is 9.71. The van der Waals surface area contributed by atoms with Crippen LogP contribution in [0, 0.1) is 5.82 Å². The van der Waals surface area contributed by atoms with Crippen molar-refractivity contribution in [2.24, 2.45) is 4.99 Å². The maximum atomic E-state index is 13.2. The number of nitrogens with zero attached hydrogens (tertiary/aromatic N) is 2. The van der Waals surface area contributed by atoms with Crippen molar-refractivity contribution >= 4 is 11.9 Å². The molecule has 7 nitrogen and oxygen atoms in total. The molecule has 2 rings (SSSR count). The number of piperidine rings is 1. The summed E-state index contributed by atoms with van der Waals surface area (Å²) in [5.74, 6) is 0.589. The second-order valence-electron chi connectivity index (χ2n) is 7.54. The van der Waals surface area contributed by atoms with Gasteiger partial charge in [-0.15, -0.1) is 0 Å². The summed E-state index contributed by atoms with van der Waals surface area (Å²) < 4.78 is 18.7. The number of hydrogen-bond acceptors (Lipinski definition) is 4. The van der Waals surface area contributed by atoms with Gasteiger partial charge in [0.15, 0.2) is 5.96 Å². The summed E-state index contributed by atoms with van der Waals surface area (Å²) in [6, 6.07) is 6.64. The van der Waals surface area contributed by atoms with Gasteiger partial charge in [0, 0.05) is 39.3 Å². The fraction of sp³-hybridized carbons (Fsp3) is 0.636. The summed E-state index contributed by atoms with van der Waals surface area (Å²) >= 11 is 0. The summed E-state index contributed by atoms with van der Waals surface area (Å²) in [7, 11) is 1.64. The Hall–Kier alpha value is -2.19. The van der Waals surface area contributed by atoms with Crippen LogP contribution in [0.15, 0.2) is 29.3 Å². The first kappa shape index (κ1) is 24.1. The lowest BCUT2D eigenvalue weighted by atomic mass is 10.1. The maximum Gasteiger partial charge on any atom is 0.234 e. The zero-order valence-electron chi connectivity index (χ0n) is 18.4. The van der Waals surface area contributed by atoms with Crippen molar-refractivity contribution in [2.75, 3.05) is 46.4 Å². The van der Waals surface area contributed by atoms with Crippen molar-refractivity contribution in [3.63, 3.8) is 0 Å². The Labute approximate surface area is 179 Å². The van der Waals surface area contributed by atoms with E-state index in [1.54, 1.807) is 19.2 Å². The van der Waals surface area contributed by atoms with Gasteiger partial charge in [0.2, 0.25) is 5.91 Å². The Morgan fingerprint density at radius 3 is 2.53 bits per heavy atom. The molecule has 30 heavy (non-hydrogen) atoms. The van der Waals surface area contributed by atoms with E-state index in [4.69, 9.17) is 4.74 Å². The number of amides is 1. The number of halogens is 1. The van der Waals surface area contributed by atoms with E-state index in [9.17, 15) is 9.18 Å². The first-order valence-electron chi connectivity index (χ1n) is 10.9. The topological polar surface area (TPSA) is 78.0 Å². The van der Waals surface area contributed by atoms with E-state index >= 15 is 0 Å². The Morgan fingerprint density at radius 1 is 1.23 bits per heavy atom. The van der Waals surface area contributed by atoms with Crippen LogP contribution >= 0.6 is 0 Å². The minimum absolute atomic E-state index is 0.101. The summed E-state index contributed by atoms with van der Waals surface area (Å²) in [6.07, 6.45) is 2.63. The second-order valence-corrected chi connectivity index (χ2v) is 7.54. The molecule has 0 bridgehead atoms. The van der Waals surface area contributed by atoms with Crippen LogP contribution in [-0.2, 0) is 9.53 Å². The van der Waals surface area contributed by atoms with Gasteiger partial charge >= 0.3 is 0 Å². The van der Waals surface area contributed by atoms with Crippen LogP contribution in [0.5, 0.6) is 0 Å². The highest BCUT2D eigenvalue weighted by atomic mass is 19.1. The molecular formula is C22H36FN5O2. The molecule has 1 atom stereocenters. The number of likely N-dealkylation sites (tertiary alicyclic amines) is 1. The molecule has 8 heteroatoms. The maximum absolute atomic E-state index is 13.2. The number of aliphatic imine (C=N–C) groups is 1. The lowest BCUT2D eigenvalue weighted by molar-refractivity contribution is -0.122. The molecule has 1 aliphatic heterocycles. The molecule has 1 fully saturated rings. The van der Waals surface area contributed by atoms with E-state index in [0.29, 0.717) is 19.1 Å². The molecule has 1 aliphatic rings. The minimum Gasteiger partial charge on any atom is -0.375 e. The molecule has 0 spiro atoms. The first-order valence-corrected chi connectivity index (χ1v) is 10.9. The minimum atomic E-state index is -0.263. The number of rotatable bonds is 10. The standard InChI is InChI=1S/C22H36FN5O2/c1-4-12-25-21(29)16-28-13-10-19(11-14-28)27-22(24-5-2)26-15-20(30-3)17-6-8-18(23)9-7-17/h6-9,19-20H,4-5,10-16H2,1-3H3,(H,25,29)(H2,24,26,27). The van der Waals surface area contributed by atoms with Crippen molar-refractivity contribution in [1.82, 2.24) is 20.9 Å². The highest BCUT2D eigenvalue weighted by Crippen LogP contribution is 2.17. The predicted octanol–water partition coefficient (Wildman–Crippen LogP) is 2.06. The number of benzene rings is 1. The SMILES string of the molecule is CCCNC(=O)CN1CCC(NC(=NCC(OC)c2ccc(F)cc2)NCC)CC1. The lowest BCUT2D eigenvalue weighted by Crippen LogP contribution is -2.50. The van der Waals surface area contributed by atoms with Crippen molar-refractivity contribution in [2.45, 2.75) is 45.3 Å². The average molecular weight is 422 g/mol. The average Bonchev–Trinajstić information content (AvgIpc) is 2.75. The van der Waals surface area contributed by atoms with Crippen LogP contribution in [0.3, 0.4) is 0 Å². The normalized spacial score (nSPS) is 16.9. The Balaban J connectivity index is 1.84. The van der Waals surface area contributed by atoms with Crippen LogP contribution < -0.4 is 16.0 Å². The Bertz CT molecular complexity index is 660. The third-order valence-electron chi connectivity index (χ3n) is 5.15. The quantitative estimate of drug-likeness (QED) is 0.398. The summed E-state index contributed by atoms with van der Waals surface area (Å²) in [6.45, 7) is 8.25. The van der Waals surface area contributed by atoms with Crippen LogP contribution in [0.4, 0.5) is 4.39 Å². The van der Waals surface area contributed by atoms with Crippen LogP contribution in [0.25, 0.3) is 0 Å². The molecule has 0 aromatic heterocycles. The van der Waals surface area contributed by atoms with Crippen molar-refractivity contribution < 1.29 is 13.9 Å². The third kappa shape index (κ3) is 8.28. The molecule has 168 valence electrons. The Kier molecular flexibility index (Phi) is 10.6. The molecule has 1 aromatic carbocycles. The van der Waals surface area contributed by atoms with Gasteiger partial charge in [-0.05, 0) is 43.9 Å². The van der Waals surface area contributed by atoms with Gasteiger partial charge in [-0.3, -0.25) is 14.7 Å². The van der Waals surface area contributed by atoms with Gasteiger partial charge < -0.3 is 20.7 Å². The molecule has 1 unspecified atom stereocenters. The van der Waals surface area contributed by atoms with Gasteiger partial charge in [-0.2, -0.15) is 0 Å². The number of carbonyl (C=O) groups is 1. The Morgan fingerprint density at radius 2 is 1.93 bits per heavy atom. The van der Waals surface area contributed by atoms with Gasteiger partial charge in [0.25, 0.3) is 0 Å². The highest BCUT2D eigenvalue weighted by Gasteiger charge is 2.21. The monoisotopic (exact) mass is 421 g/mol. The van der Waals surface area contributed by atoms with E-state index in [2.05, 4.69) is 32.8 Å². The molecule has 0 radical (unpaired) electrons. The van der Waals surface area contributed by atoms with E-state index in [1.807, 2.05) is 6.92 Å². The van der Waals surface area contributed by atoms with Crippen LogP contribution in [0.1, 0.15) is 44.8 Å². The zero-order chi connectivity index (χ0) is 21.8. The van der Waals surface area contributed by atoms with E-state index in [1.165, 1.54) is 12.1 Å². The summed E-state index contributed by atoms with van der Waals surface area (Å²) in [4.78, 5) is 18.8. The molecule has 1 amide bonds. The molecule has 1 aromatic rings. The van der Waals surface area contributed by atoms with Crippen LogP contribution in [0.2, 0.25) is 0 Å². The highest BCUT2D eigenvalue weighted by molar-refractivity contribution is 5.80. The molecular weight excluding hydrogens is 385 g/mol. The molecule has 1 saturated heterocycles. The van der Waals surface area contributed by atoms with Gasteiger partial charge in [-0.1, -0.05) is 19.1 Å². The number of methoxy groups -OCH3 is 1. The van der Waals surface area contributed by atoms with Crippen LogP contribution in [-0.4, -0.2) is 69.2 Å². The summed E-state index contributed by atoms with van der Waals surface area (Å²) in [5.41, 5.74) is 0.896. The van der Waals surface area contributed by atoms with Gasteiger partial charge in [0.1, 0.15) is 11.9 Å². The van der Waals surface area contributed by atoms with E-state index in [0.717, 1.165) is 57.0 Å².